The van der Waals surface area contributed by atoms with E-state index in [9.17, 15) is 24.0 Å². The van der Waals surface area contributed by atoms with Gasteiger partial charge in [-0.3, -0.25) is 24.1 Å². The smallest absolute Gasteiger partial charge is 0.326 e. The maximum atomic E-state index is 12.5. The zero-order valence-electron chi connectivity index (χ0n) is 17.2. The van der Waals surface area contributed by atoms with Gasteiger partial charge in [-0.15, -0.1) is 0 Å². The molecule has 1 aromatic rings. The average Bonchev–Trinajstić information content (AvgIpc) is 3.52. The monoisotopic (exact) mass is 415 g/mol. The van der Waals surface area contributed by atoms with Crippen LogP contribution in [0.3, 0.4) is 0 Å². The van der Waals surface area contributed by atoms with Crippen LogP contribution in [0.1, 0.15) is 44.0 Å². The molecule has 1 saturated carbocycles. The Morgan fingerprint density at radius 3 is 2.40 bits per heavy atom. The summed E-state index contributed by atoms with van der Waals surface area (Å²) in [6.07, 6.45) is 1.71. The Kier molecular flexibility index (Phi) is 5.91. The molecule has 160 valence electrons. The first kappa shape index (κ1) is 21.5. The van der Waals surface area contributed by atoms with E-state index >= 15 is 0 Å². The van der Waals surface area contributed by atoms with Crippen molar-refractivity contribution >= 4 is 35.3 Å². The highest BCUT2D eigenvalue weighted by Gasteiger charge is 2.56. The number of amides is 4. The third kappa shape index (κ3) is 4.50. The number of rotatable bonds is 8. The molecule has 30 heavy (non-hydrogen) atoms. The number of ketones is 1. The molecule has 9 nitrogen and oxygen atoms in total. The highest BCUT2D eigenvalue weighted by Crippen LogP contribution is 2.42. The molecule has 2 N–H and O–H groups in total. The van der Waals surface area contributed by atoms with Crippen molar-refractivity contribution in [2.75, 3.05) is 18.5 Å². The van der Waals surface area contributed by atoms with Crippen molar-refractivity contribution in [3.8, 4) is 0 Å². The number of urea groups is 1. The second kappa shape index (κ2) is 8.25. The number of anilines is 1. The summed E-state index contributed by atoms with van der Waals surface area (Å²) in [5, 5.41) is 5.36. The first-order valence-corrected chi connectivity index (χ1v) is 9.85. The molecule has 3 rings (SSSR count). The van der Waals surface area contributed by atoms with Crippen LogP contribution < -0.4 is 10.6 Å². The molecular formula is C21H25N3O6. The predicted octanol–water partition coefficient (Wildman–Crippen LogP) is 1.73. The Bertz CT molecular complexity index is 891. The number of ether oxygens (including phenoxy) is 1. The van der Waals surface area contributed by atoms with Crippen molar-refractivity contribution in [3.63, 3.8) is 0 Å². The third-order valence-corrected chi connectivity index (χ3v) is 5.35. The number of hydrogen-bond donors (Lipinski definition) is 2. The molecule has 1 aliphatic heterocycles. The van der Waals surface area contributed by atoms with Crippen molar-refractivity contribution in [3.05, 3.63) is 29.8 Å². The van der Waals surface area contributed by atoms with Crippen LogP contribution in [0.4, 0.5) is 10.5 Å². The maximum Gasteiger partial charge on any atom is 0.326 e. The lowest BCUT2D eigenvalue weighted by Crippen LogP contribution is -2.46. The number of imide groups is 1. The Hall–Kier alpha value is -3.23. The lowest BCUT2D eigenvalue weighted by Gasteiger charge is -2.20. The number of benzene rings is 1. The van der Waals surface area contributed by atoms with Gasteiger partial charge in [-0.05, 0) is 49.9 Å². The van der Waals surface area contributed by atoms with E-state index in [-0.39, 0.29) is 17.7 Å². The minimum atomic E-state index is -0.972. The number of carbonyl (C=O) groups excluding carboxylic acids is 5. The molecule has 0 radical (unpaired) electrons. The Labute approximate surface area is 174 Å². The van der Waals surface area contributed by atoms with Crippen LogP contribution in [-0.2, 0) is 19.1 Å². The number of hydrogen-bond acceptors (Lipinski definition) is 6. The van der Waals surface area contributed by atoms with Gasteiger partial charge in [0, 0.05) is 17.2 Å². The molecule has 0 spiro atoms. The van der Waals surface area contributed by atoms with Crippen LogP contribution in [-0.4, -0.2) is 53.2 Å². The zero-order valence-corrected chi connectivity index (χ0v) is 17.2. The lowest BCUT2D eigenvalue weighted by atomic mass is 9.96. The summed E-state index contributed by atoms with van der Waals surface area (Å²) in [6.45, 7) is 4.15. The lowest BCUT2D eigenvalue weighted by molar-refractivity contribution is -0.146. The van der Waals surface area contributed by atoms with Crippen molar-refractivity contribution in [2.45, 2.75) is 39.2 Å². The molecule has 1 aliphatic carbocycles. The van der Waals surface area contributed by atoms with Gasteiger partial charge in [0.25, 0.3) is 5.91 Å². The number of nitrogens with one attached hydrogen (secondary N) is 2. The molecule has 0 aromatic heterocycles. The topological polar surface area (TPSA) is 122 Å². The SMILES string of the molecule is CC(C)C(=O)Nc1ccc(C(=O)COC(=O)CN2C(=O)N[C@@](C)(C3CC3)C2=O)cc1. The quantitative estimate of drug-likeness (QED) is 0.379. The largest absolute Gasteiger partial charge is 0.456 e. The Morgan fingerprint density at radius 1 is 1.20 bits per heavy atom. The summed E-state index contributed by atoms with van der Waals surface area (Å²) in [5.74, 6) is -1.95. The molecule has 4 amide bonds. The minimum Gasteiger partial charge on any atom is -0.456 e. The third-order valence-electron chi connectivity index (χ3n) is 5.35. The van der Waals surface area contributed by atoms with E-state index in [4.69, 9.17) is 4.74 Å². The van der Waals surface area contributed by atoms with Crippen LogP contribution in [0, 0.1) is 11.8 Å². The van der Waals surface area contributed by atoms with E-state index < -0.39 is 42.4 Å². The van der Waals surface area contributed by atoms with Crippen LogP contribution >= 0.6 is 0 Å². The van der Waals surface area contributed by atoms with Gasteiger partial charge in [-0.1, -0.05) is 13.8 Å². The van der Waals surface area contributed by atoms with Crippen molar-refractivity contribution in [1.82, 2.24) is 10.2 Å². The van der Waals surface area contributed by atoms with Crippen LogP contribution in [0.15, 0.2) is 24.3 Å². The Morgan fingerprint density at radius 2 is 1.83 bits per heavy atom. The van der Waals surface area contributed by atoms with Crippen LogP contribution in [0.25, 0.3) is 0 Å². The summed E-state index contributed by atoms with van der Waals surface area (Å²) in [7, 11) is 0. The number of Topliss-reactive ketones (excluding diaryl/α,β-unsaturated/α-hetero) is 1. The summed E-state index contributed by atoms with van der Waals surface area (Å²) >= 11 is 0. The van der Waals surface area contributed by atoms with E-state index in [0.29, 0.717) is 11.3 Å². The maximum absolute atomic E-state index is 12.5. The summed E-state index contributed by atoms with van der Waals surface area (Å²) in [5.41, 5.74) is -0.110. The fraction of sp³-hybridized carbons (Fsp3) is 0.476. The fourth-order valence-electron chi connectivity index (χ4n) is 3.23. The predicted molar refractivity (Wildman–Crippen MR) is 107 cm³/mol. The molecule has 1 aromatic carbocycles. The second-order valence-corrected chi connectivity index (χ2v) is 8.10. The first-order chi connectivity index (χ1) is 14.1. The number of esters is 1. The van der Waals surface area contributed by atoms with Gasteiger partial charge in [0.2, 0.25) is 5.91 Å². The minimum absolute atomic E-state index is 0.0878. The number of carbonyl (C=O) groups is 5. The molecular weight excluding hydrogens is 390 g/mol. The molecule has 1 atom stereocenters. The summed E-state index contributed by atoms with van der Waals surface area (Å²) < 4.78 is 4.96. The molecule has 0 bridgehead atoms. The molecule has 9 heteroatoms. The van der Waals surface area contributed by atoms with Crippen molar-refractivity contribution in [2.24, 2.45) is 11.8 Å². The summed E-state index contributed by atoms with van der Waals surface area (Å²) in [4.78, 5) is 61.4. The normalized spacial score (nSPS) is 20.9. The summed E-state index contributed by atoms with van der Waals surface area (Å²) in [6, 6.07) is 5.58. The van der Waals surface area contributed by atoms with Crippen molar-refractivity contribution in [1.29, 1.82) is 0 Å². The standard InChI is InChI=1S/C21H25N3O6/c1-12(2)18(27)22-15-8-4-13(5-9-15)16(25)11-30-17(26)10-24-19(28)21(3,14-6-7-14)23-20(24)29/h4-5,8-9,12,14H,6-7,10-11H2,1-3H3,(H,22,27)(H,23,29)/t21-/m0/s1. The Balaban J connectivity index is 1.50. The zero-order chi connectivity index (χ0) is 22.1. The number of nitrogens with zero attached hydrogens (tertiary/aromatic N) is 1. The van der Waals surface area contributed by atoms with E-state index in [1.54, 1.807) is 32.9 Å². The van der Waals surface area contributed by atoms with E-state index in [1.807, 2.05) is 0 Å². The molecule has 1 heterocycles. The molecule has 2 fully saturated rings. The van der Waals surface area contributed by atoms with Crippen LogP contribution in [0.2, 0.25) is 0 Å². The van der Waals surface area contributed by atoms with Crippen molar-refractivity contribution < 1.29 is 28.7 Å². The van der Waals surface area contributed by atoms with Gasteiger partial charge in [0.15, 0.2) is 12.4 Å². The van der Waals surface area contributed by atoms with Gasteiger partial charge in [-0.25, -0.2) is 4.79 Å². The first-order valence-electron chi connectivity index (χ1n) is 9.85. The molecule has 2 aliphatic rings. The van der Waals surface area contributed by atoms with Gasteiger partial charge in [0.05, 0.1) is 0 Å². The van der Waals surface area contributed by atoms with Gasteiger partial charge >= 0.3 is 12.0 Å². The fourth-order valence-corrected chi connectivity index (χ4v) is 3.23. The highest BCUT2D eigenvalue weighted by atomic mass is 16.5. The van der Waals surface area contributed by atoms with E-state index in [0.717, 1.165) is 17.7 Å². The highest BCUT2D eigenvalue weighted by molar-refractivity contribution is 6.09. The van der Waals surface area contributed by atoms with Gasteiger partial charge < -0.3 is 15.4 Å². The van der Waals surface area contributed by atoms with E-state index in [1.165, 1.54) is 12.1 Å². The van der Waals surface area contributed by atoms with Gasteiger partial charge in [0.1, 0.15) is 12.1 Å². The van der Waals surface area contributed by atoms with Gasteiger partial charge in [-0.2, -0.15) is 0 Å². The van der Waals surface area contributed by atoms with E-state index in [2.05, 4.69) is 10.6 Å². The van der Waals surface area contributed by atoms with Crippen LogP contribution in [0.5, 0.6) is 0 Å². The molecule has 1 saturated heterocycles. The average molecular weight is 415 g/mol. The molecule has 0 unspecified atom stereocenters. The second-order valence-electron chi connectivity index (χ2n) is 8.10.